The zero-order valence-electron chi connectivity index (χ0n) is 12.9. The zero-order chi connectivity index (χ0) is 16.2. The number of hydrogen-bond donors (Lipinski definition) is 1. The summed E-state index contributed by atoms with van der Waals surface area (Å²) in [6.45, 7) is 1.62. The van der Waals surface area contributed by atoms with Crippen LogP contribution in [0.2, 0.25) is 0 Å². The molecule has 23 heavy (non-hydrogen) atoms. The van der Waals surface area contributed by atoms with E-state index in [-0.39, 0.29) is 11.5 Å². The van der Waals surface area contributed by atoms with Gasteiger partial charge in [0.25, 0.3) is 5.56 Å². The van der Waals surface area contributed by atoms with Crippen molar-refractivity contribution in [3.8, 4) is 0 Å². The van der Waals surface area contributed by atoms with Crippen LogP contribution in [0.1, 0.15) is 29.9 Å². The van der Waals surface area contributed by atoms with Crippen LogP contribution < -0.4 is 5.56 Å². The van der Waals surface area contributed by atoms with Gasteiger partial charge in [-0.15, -0.1) is 0 Å². The van der Waals surface area contributed by atoms with E-state index >= 15 is 0 Å². The van der Waals surface area contributed by atoms with Gasteiger partial charge in [-0.1, -0.05) is 36.4 Å². The Kier molecular flexibility index (Phi) is 4.46. The smallest absolute Gasteiger partial charge is 0.407 e. The maximum atomic E-state index is 12.1. The van der Waals surface area contributed by atoms with Crippen LogP contribution in [0.3, 0.4) is 0 Å². The Morgan fingerprint density at radius 1 is 1.17 bits per heavy atom. The van der Waals surface area contributed by atoms with Crippen LogP contribution in [0, 0.1) is 0 Å². The van der Waals surface area contributed by atoms with Crippen molar-refractivity contribution < 1.29 is 9.90 Å². The minimum absolute atomic E-state index is 0.0384. The van der Waals surface area contributed by atoms with Crippen molar-refractivity contribution in [3.05, 3.63) is 70.1 Å². The van der Waals surface area contributed by atoms with Gasteiger partial charge in [-0.05, 0) is 24.0 Å². The lowest BCUT2D eigenvalue weighted by Crippen LogP contribution is -2.38. The summed E-state index contributed by atoms with van der Waals surface area (Å²) in [5.74, 6) is 0.155. The second-order valence-electron chi connectivity index (χ2n) is 5.98. The fourth-order valence-electron chi connectivity index (χ4n) is 3.12. The molecule has 2 heterocycles. The maximum absolute atomic E-state index is 12.1. The highest BCUT2D eigenvalue weighted by Gasteiger charge is 2.24. The molecular formula is C18H20N2O3. The molecule has 1 aromatic heterocycles. The summed E-state index contributed by atoms with van der Waals surface area (Å²) < 4.78 is 1.70. The lowest BCUT2D eigenvalue weighted by molar-refractivity contribution is 0.130. The van der Waals surface area contributed by atoms with E-state index in [9.17, 15) is 9.59 Å². The number of nitrogens with zero attached hydrogens (tertiary/aromatic N) is 2. The summed E-state index contributed by atoms with van der Waals surface area (Å²) in [4.78, 5) is 24.7. The number of likely N-dealkylation sites (tertiary alicyclic amines) is 1. The van der Waals surface area contributed by atoms with Gasteiger partial charge in [0.15, 0.2) is 0 Å². The van der Waals surface area contributed by atoms with Crippen LogP contribution in [0.4, 0.5) is 4.79 Å². The van der Waals surface area contributed by atoms with Gasteiger partial charge in [0.05, 0.1) is 6.54 Å². The highest BCUT2D eigenvalue weighted by molar-refractivity contribution is 5.65. The van der Waals surface area contributed by atoms with Crippen molar-refractivity contribution in [2.45, 2.75) is 25.3 Å². The first-order valence-corrected chi connectivity index (χ1v) is 7.85. The van der Waals surface area contributed by atoms with Crippen LogP contribution in [-0.2, 0) is 6.54 Å². The Labute approximate surface area is 134 Å². The molecule has 1 atom stereocenters. The number of rotatable bonds is 3. The van der Waals surface area contributed by atoms with Crippen molar-refractivity contribution >= 4 is 6.09 Å². The highest BCUT2D eigenvalue weighted by Crippen LogP contribution is 2.26. The lowest BCUT2D eigenvalue weighted by atomic mass is 9.92. The second kappa shape index (κ2) is 6.69. The molecule has 0 bridgehead atoms. The Hall–Kier alpha value is -2.56. The van der Waals surface area contributed by atoms with Crippen molar-refractivity contribution in [2.75, 3.05) is 13.1 Å². The van der Waals surface area contributed by atoms with E-state index in [1.54, 1.807) is 10.6 Å². The van der Waals surface area contributed by atoms with Crippen LogP contribution in [0.25, 0.3) is 0 Å². The van der Waals surface area contributed by atoms with E-state index in [2.05, 4.69) is 0 Å². The predicted octanol–water partition coefficient (Wildman–Crippen LogP) is 2.75. The third kappa shape index (κ3) is 3.62. The molecule has 0 saturated carbocycles. The van der Waals surface area contributed by atoms with E-state index in [1.165, 1.54) is 4.90 Å². The molecule has 0 aliphatic carbocycles. The Bertz CT molecular complexity index is 739. The average Bonchev–Trinajstić information content (AvgIpc) is 2.58. The second-order valence-corrected chi connectivity index (χ2v) is 5.98. The van der Waals surface area contributed by atoms with E-state index in [0.29, 0.717) is 19.6 Å². The molecule has 1 amide bonds. The monoisotopic (exact) mass is 312 g/mol. The van der Waals surface area contributed by atoms with Crippen LogP contribution in [0.15, 0.2) is 53.5 Å². The Morgan fingerprint density at radius 2 is 1.96 bits per heavy atom. The van der Waals surface area contributed by atoms with Gasteiger partial charge in [-0.3, -0.25) is 4.79 Å². The number of benzene rings is 1. The number of carboxylic acid groups (broad SMARTS) is 1. The summed E-state index contributed by atoms with van der Waals surface area (Å²) in [6, 6.07) is 13.3. The van der Waals surface area contributed by atoms with Crippen molar-refractivity contribution in [2.24, 2.45) is 0 Å². The topological polar surface area (TPSA) is 62.5 Å². The summed E-state index contributed by atoms with van der Waals surface area (Å²) >= 11 is 0. The minimum atomic E-state index is -0.868. The van der Waals surface area contributed by atoms with Gasteiger partial charge in [-0.2, -0.15) is 0 Å². The van der Waals surface area contributed by atoms with Gasteiger partial charge in [0.2, 0.25) is 0 Å². The van der Waals surface area contributed by atoms with E-state index in [0.717, 1.165) is 24.0 Å². The van der Waals surface area contributed by atoms with E-state index in [4.69, 9.17) is 5.11 Å². The van der Waals surface area contributed by atoms with Crippen molar-refractivity contribution in [1.82, 2.24) is 9.47 Å². The van der Waals surface area contributed by atoms with Crippen molar-refractivity contribution in [3.63, 3.8) is 0 Å². The summed E-state index contributed by atoms with van der Waals surface area (Å²) in [5.41, 5.74) is 2.07. The largest absolute Gasteiger partial charge is 0.465 e. The molecule has 1 aliphatic heterocycles. The first-order valence-electron chi connectivity index (χ1n) is 7.85. The van der Waals surface area contributed by atoms with Crippen LogP contribution in [-0.4, -0.2) is 33.8 Å². The SMILES string of the molecule is O=C(O)N1CCCC(c2ccc(=O)n(Cc3ccccc3)c2)C1. The van der Waals surface area contributed by atoms with Gasteiger partial charge in [-0.25, -0.2) is 4.79 Å². The molecule has 2 aromatic rings. The Morgan fingerprint density at radius 3 is 2.70 bits per heavy atom. The summed E-state index contributed by atoms with van der Waals surface area (Å²) in [6.07, 6.45) is 2.82. The summed E-state index contributed by atoms with van der Waals surface area (Å²) in [5, 5.41) is 9.17. The molecule has 3 rings (SSSR count). The molecule has 0 radical (unpaired) electrons. The third-order valence-electron chi connectivity index (χ3n) is 4.37. The van der Waals surface area contributed by atoms with Crippen LogP contribution in [0.5, 0.6) is 0 Å². The van der Waals surface area contributed by atoms with Gasteiger partial charge in [0, 0.05) is 31.3 Å². The zero-order valence-corrected chi connectivity index (χ0v) is 12.9. The van der Waals surface area contributed by atoms with Gasteiger partial charge < -0.3 is 14.6 Å². The average molecular weight is 312 g/mol. The standard InChI is InChI=1S/C18H20N2O3/c21-17-9-8-16(15-7-4-10-19(12-15)18(22)23)13-20(17)11-14-5-2-1-3-6-14/h1-3,5-6,8-9,13,15H,4,7,10-12H2,(H,22,23). The van der Waals surface area contributed by atoms with Crippen LogP contribution >= 0.6 is 0 Å². The first kappa shape index (κ1) is 15.3. The van der Waals surface area contributed by atoms with Gasteiger partial charge in [0.1, 0.15) is 0 Å². The molecule has 1 fully saturated rings. The van der Waals surface area contributed by atoms with E-state index < -0.39 is 6.09 Å². The molecule has 5 heteroatoms. The predicted molar refractivity (Wildman–Crippen MR) is 87.8 cm³/mol. The number of amides is 1. The minimum Gasteiger partial charge on any atom is -0.465 e. The molecule has 1 N–H and O–H groups in total. The highest BCUT2D eigenvalue weighted by atomic mass is 16.4. The quantitative estimate of drug-likeness (QED) is 0.948. The molecule has 0 spiro atoms. The third-order valence-corrected chi connectivity index (χ3v) is 4.37. The number of pyridine rings is 1. The number of carbonyl (C=O) groups is 1. The fourth-order valence-corrected chi connectivity index (χ4v) is 3.12. The lowest BCUT2D eigenvalue weighted by Gasteiger charge is -2.31. The molecule has 1 aromatic carbocycles. The number of aromatic nitrogens is 1. The molecule has 5 nitrogen and oxygen atoms in total. The van der Waals surface area contributed by atoms with Gasteiger partial charge >= 0.3 is 6.09 Å². The van der Waals surface area contributed by atoms with Crippen molar-refractivity contribution in [1.29, 1.82) is 0 Å². The molecule has 1 unspecified atom stereocenters. The summed E-state index contributed by atoms with van der Waals surface area (Å²) in [7, 11) is 0. The number of hydrogen-bond acceptors (Lipinski definition) is 2. The fraction of sp³-hybridized carbons (Fsp3) is 0.333. The first-order chi connectivity index (χ1) is 11.1. The van der Waals surface area contributed by atoms with E-state index in [1.807, 2.05) is 42.6 Å². The number of piperidine rings is 1. The molecular weight excluding hydrogens is 292 g/mol. The Balaban J connectivity index is 1.82. The maximum Gasteiger partial charge on any atom is 0.407 e. The normalized spacial score (nSPS) is 17.9. The molecule has 1 saturated heterocycles. The molecule has 1 aliphatic rings. The molecule has 120 valence electrons.